The van der Waals surface area contributed by atoms with Crippen LogP contribution < -0.4 is 14.8 Å². The van der Waals surface area contributed by atoms with Gasteiger partial charge in [0.25, 0.3) is 0 Å². The van der Waals surface area contributed by atoms with Gasteiger partial charge in [0.1, 0.15) is 18.1 Å². The van der Waals surface area contributed by atoms with E-state index in [1.165, 1.54) is 6.20 Å². The minimum Gasteiger partial charge on any atom is -0.496 e. The van der Waals surface area contributed by atoms with Crippen molar-refractivity contribution in [3.05, 3.63) is 113 Å². The Kier molecular flexibility index (Phi) is 7.62. The number of aryl methyl sites for hydroxylation is 1. The van der Waals surface area contributed by atoms with Gasteiger partial charge in [-0.25, -0.2) is 9.59 Å². The molecule has 0 fully saturated rings. The van der Waals surface area contributed by atoms with E-state index in [0.29, 0.717) is 22.6 Å². The molecule has 0 saturated heterocycles. The van der Waals surface area contributed by atoms with Crippen molar-refractivity contribution in [3.63, 3.8) is 0 Å². The van der Waals surface area contributed by atoms with E-state index >= 15 is 0 Å². The van der Waals surface area contributed by atoms with Crippen LogP contribution in [-0.2, 0) is 11.3 Å². The van der Waals surface area contributed by atoms with Gasteiger partial charge >= 0.3 is 11.9 Å². The van der Waals surface area contributed by atoms with Gasteiger partial charge in [-0.15, -0.1) is 0 Å². The molecule has 2 heterocycles. The molecule has 5 rings (SSSR count). The van der Waals surface area contributed by atoms with E-state index in [0.717, 1.165) is 39.1 Å². The summed E-state index contributed by atoms with van der Waals surface area (Å²) < 4.78 is 17.2. The number of ether oxygens (including phenoxy) is 3. The fourth-order valence-electron chi connectivity index (χ4n) is 5.12. The van der Waals surface area contributed by atoms with E-state index in [4.69, 9.17) is 14.2 Å². The number of esters is 2. The molecule has 4 aromatic rings. The fraction of sp³-hybridized carbons (Fsp3) is 0.206. The van der Waals surface area contributed by atoms with E-state index in [1.807, 2.05) is 37.3 Å². The Morgan fingerprint density at radius 1 is 0.902 bits per heavy atom. The molecule has 0 unspecified atom stereocenters. The summed E-state index contributed by atoms with van der Waals surface area (Å²) in [6, 6.07) is 19.9. The molecule has 1 aliphatic rings. The first-order valence-corrected chi connectivity index (χ1v) is 13.3. The van der Waals surface area contributed by atoms with E-state index in [-0.39, 0.29) is 12.1 Å². The normalized spacial score (nSPS) is 13.3. The second-order valence-corrected chi connectivity index (χ2v) is 10.6. The minimum atomic E-state index is -0.514. The average molecular weight is 549 g/mol. The van der Waals surface area contributed by atoms with E-state index in [2.05, 4.69) is 37.1 Å². The number of nitrogens with zero attached hydrogens (tertiary/aromatic N) is 1. The molecule has 0 saturated carbocycles. The number of carbonyl (C=O) groups excluding carboxylic acids is 2. The number of benzene rings is 3. The van der Waals surface area contributed by atoms with Crippen molar-refractivity contribution >= 4 is 23.2 Å². The first kappa shape index (κ1) is 27.6. The average Bonchev–Trinajstić information content (AvgIpc) is 2.95. The van der Waals surface area contributed by atoms with Crippen molar-refractivity contribution in [1.82, 2.24) is 4.98 Å². The first-order chi connectivity index (χ1) is 19.6. The van der Waals surface area contributed by atoms with Gasteiger partial charge in [-0.05, 0) is 81.3 Å². The Morgan fingerprint density at radius 3 is 2.37 bits per heavy atom. The number of aromatic nitrogens is 1. The maximum atomic E-state index is 13.0. The molecule has 0 radical (unpaired) electrons. The molecule has 1 aromatic heterocycles. The molecule has 0 amide bonds. The minimum absolute atomic E-state index is 0.0550. The maximum absolute atomic E-state index is 13.0. The summed E-state index contributed by atoms with van der Waals surface area (Å²) in [4.78, 5) is 29.6. The van der Waals surface area contributed by atoms with Crippen LogP contribution in [0.3, 0.4) is 0 Å². The zero-order chi connectivity index (χ0) is 29.1. The van der Waals surface area contributed by atoms with Gasteiger partial charge in [-0.2, -0.15) is 0 Å². The van der Waals surface area contributed by atoms with Crippen LogP contribution in [0.25, 0.3) is 16.7 Å². The van der Waals surface area contributed by atoms with Gasteiger partial charge in [0.15, 0.2) is 0 Å². The van der Waals surface area contributed by atoms with Crippen molar-refractivity contribution in [2.75, 3.05) is 12.4 Å². The predicted molar refractivity (Wildman–Crippen MR) is 159 cm³/mol. The lowest BCUT2D eigenvalue weighted by Gasteiger charge is -2.33. The molecule has 0 spiro atoms. The van der Waals surface area contributed by atoms with Crippen LogP contribution in [0, 0.1) is 6.92 Å². The molecular weight excluding hydrogens is 516 g/mol. The lowest BCUT2D eigenvalue weighted by molar-refractivity contribution is 0.0473. The highest BCUT2D eigenvalue weighted by Crippen LogP contribution is 2.43. The van der Waals surface area contributed by atoms with Crippen LogP contribution in [0.1, 0.15) is 58.2 Å². The quantitative estimate of drug-likeness (QED) is 0.192. The first-order valence-electron chi connectivity index (χ1n) is 13.3. The van der Waals surface area contributed by atoms with E-state index < -0.39 is 11.9 Å². The summed E-state index contributed by atoms with van der Waals surface area (Å²) in [7, 11) is 1.57. The second-order valence-electron chi connectivity index (χ2n) is 10.6. The molecule has 1 N–H and O–H groups in total. The molecule has 0 bridgehead atoms. The Hall–Kier alpha value is -4.91. The number of fused-ring (bicyclic) bond motifs is 1. The standard InChI is InChI=1S/C34H32N2O5/c1-21-8-10-23(11-9-21)32(37)40-20-28-26(14-15-29-31(28)22(2)18-34(3,4)36-29)27-13-12-25(17-30(27)39-5)41-33(38)24-7-6-16-35-19-24/h6-19,36H,20H2,1-5H3. The number of hydrogen-bond acceptors (Lipinski definition) is 7. The van der Waals surface area contributed by atoms with Gasteiger partial charge in [-0.3, -0.25) is 4.98 Å². The van der Waals surface area contributed by atoms with E-state index in [9.17, 15) is 9.59 Å². The third kappa shape index (κ3) is 5.99. The third-order valence-electron chi connectivity index (χ3n) is 6.95. The van der Waals surface area contributed by atoms with Crippen molar-refractivity contribution in [2.24, 2.45) is 0 Å². The number of hydrogen-bond donors (Lipinski definition) is 1. The molecule has 0 aliphatic carbocycles. The van der Waals surface area contributed by atoms with Gasteiger partial charge in [0, 0.05) is 40.8 Å². The van der Waals surface area contributed by atoms with Crippen LogP contribution >= 0.6 is 0 Å². The Labute approximate surface area is 239 Å². The number of allylic oxidation sites excluding steroid dienone is 1. The monoisotopic (exact) mass is 548 g/mol. The van der Waals surface area contributed by atoms with Crippen LogP contribution in [-0.4, -0.2) is 29.6 Å². The summed E-state index contributed by atoms with van der Waals surface area (Å²) >= 11 is 0. The number of rotatable bonds is 7. The maximum Gasteiger partial charge on any atom is 0.345 e. The van der Waals surface area contributed by atoms with Crippen molar-refractivity contribution in [3.8, 4) is 22.6 Å². The van der Waals surface area contributed by atoms with Gasteiger partial charge in [-0.1, -0.05) is 29.8 Å². The van der Waals surface area contributed by atoms with Gasteiger partial charge in [0.2, 0.25) is 0 Å². The number of methoxy groups -OCH3 is 1. The highest BCUT2D eigenvalue weighted by Gasteiger charge is 2.27. The van der Waals surface area contributed by atoms with Crippen molar-refractivity contribution in [2.45, 2.75) is 39.8 Å². The van der Waals surface area contributed by atoms with Gasteiger partial charge < -0.3 is 19.5 Å². The summed E-state index contributed by atoms with van der Waals surface area (Å²) in [5, 5.41) is 3.58. The number of carbonyl (C=O) groups is 2. The van der Waals surface area contributed by atoms with Crippen LogP contribution in [0.4, 0.5) is 5.69 Å². The molecule has 3 aromatic carbocycles. The Morgan fingerprint density at radius 2 is 1.66 bits per heavy atom. The molecule has 208 valence electrons. The SMILES string of the molecule is COc1cc(OC(=O)c2cccnc2)ccc1-c1ccc2c(c1COC(=O)c1ccc(C)cc1)C(C)=CC(C)(C)N2. The summed E-state index contributed by atoms with van der Waals surface area (Å²) in [6.07, 6.45) is 5.22. The zero-order valence-corrected chi connectivity index (χ0v) is 23.8. The summed E-state index contributed by atoms with van der Waals surface area (Å²) in [5.74, 6) is -0.0636. The largest absolute Gasteiger partial charge is 0.496 e. The molecule has 7 nitrogen and oxygen atoms in total. The summed E-state index contributed by atoms with van der Waals surface area (Å²) in [5.41, 5.74) is 7.15. The third-order valence-corrected chi connectivity index (χ3v) is 6.95. The molecular formula is C34H32N2O5. The highest BCUT2D eigenvalue weighted by atomic mass is 16.5. The Balaban J connectivity index is 1.53. The van der Waals surface area contributed by atoms with Crippen LogP contribution in [0.15, 0.2) is 85.2 Å². The number of nitrogens with one attached hydrogen (secondary N) is 1. The predicted octanol–water partition coefficient (Wildman–Crippen LogP) is 7.25. The van der Waals surface area contributed by atoms with E-state index in [1.54, 1.807) is 49.7 Å². The van der Waals surface area contributed by atoms with Crippen molar-refractivity contribution in [1.29, 1.82) is 0 Å². The lowest BCUT2D eigenvalue weighted by atomic mass is 9.85. The highest BCUT2D eigenvalue weighted by molar-refractivity contribution is 5.92. The Bertz CT molecular complexity index is 1640. The molecule has 41 heavy (non-hydrogen) atoms. The van der Waals surface area contributed by atoms with Crippen molar-refractivity contribution < 1.29 is 23.8 Å². The smallest absolute Gasteiger partial charge is 0.345 e. The lowest BCUT2D eigenvalue weighted by Crippen LogP contribution is -2.32. The van der Waals surface area contributed by atoms with Crippen LogP contribution in [0.2, 0.25) is 0 Å². The van der Waals surface area contributed by atoms with Gasteiger partial charge in [0.05, 0.1) is 23.8 Å². The number of pyridine rings is 1. The second kappa shape index (κ2) is 11.3. The molecule has 7 heteroatoms. The summed E-state index contributed by atoms with van der Waals surface area (Å²) in [6.45, 7) is 8.31. The fourth-order valence-corrected chi connectivity index (χ4v) is 5.12. The number of anilines is 1. The molecule has 1 aliphatic heterocycles. The molecule has 0 atom stereocenters. The van der Waals surface area contributed by atoms with Crippen LogP contribution in [0.5, 0.6) is 11.5 Å². The topological polar surface area (TPSA) is 86.8 Å². The zero-order valence-electron chi connectivity index (χ0n) is 23.8.